The Morgan fingerprint density at radius 3 is 2.58 bits per heavy atom. The van der Waals surface area contributed by atoms with Crippen LogP contribution in [-0.4, -0.2) is 29.1 Å². The summed E-state index contributed by atoms with van der Waals surface area (Å²) >= 11 is 0. The average Bonchev–Trinajstić information content (AvgIpc) is 2.44. The van der Waals surface area contributed by atoms with Crippen molar-refractivity contribution in [2.75, 3.05) is 13.7 Å². The SMILES string of the molecule is CCCC(C(=O)OCC)S(=O)c1ccccc1OC. The highest BCUT2D eigenvalue weighted by atomic mass is 32.2. The molecule has 0 aliphatic carbocycles. The van der Waals surface area contributed by atoms with Gasteiger partial charge in [-0.3, -0.25) is 9.00 Å². The Kier molecular flexibility index (Phi) is 6.56. The normalized spacial score (nSPS) is 13.6. The Labute approximate surface area is 116 Å². The summed E-state index contributed by atoms with van der Waals surface area (Å²) < 4.78 is 22.8. The number of esters is 1. The number of hydrogen-bond donors (Lipinski definition) is 0. The van der Waals surface area contributed by atoms with Gasteiger partial charge in [0.25, 0.3) is 0 Å². The van der Waals surface area contributed by atoms with Crippen LogP contribution >= 0.6 is 0 Å². The van der Waals surface area contributed by atoms with Crippen molar-refractivity contribution in [3.05, 3.63) is 24.3 Å². The highest BCUT2D eigenvalue weighted by Crippen LogP contribution is 2.25. The first-order valence-corrected chi connectivity index (χ1v) is 7.57. The standard InChI is InChI=1S/C14H20O4S/c1-4-8-13(14(15)18-5-2)19(16)12-10-7-6-9-11(12)17-3/h6-7,9-10,13H,4-5,8H2,1-3H3. The van der Waals surface area contributed by atoms with Crippen molar-refractivity contribution in [3.63, 3.8) is 0 Å². The molecule has 106 valence electrons. The van der Waals surface area contributed by atoms with Crippen LogP contribution in [0.2, 0.25) is 0 Å². The molecule has 19 heavy (non-hydrogen) atoms. The molecule has 0 saturated carbocycles. The highest BCUT2D eigenvalue weighted by Gasteiger charge is 2.28. The summed E-state index contributed by atoms with van der Waals surface area (Å²) in [5.41, 5.74) is 0. The van der Waals surface area contributed by atoms with E-state index in [1.807, 2.05) is 6.92 Å². The van der Waals surface area contributed by atoms with E-state index < -0.39 is 22.0 Å². The summed E-state index contributed by atoms with van der Waals surface area (Å²) in [4.78, 5) is 12.4. The zero-order valence-corrected chi connectivity index (χ0v) is 12.4. The summed E-state index contributed by atoms with van der Waals surface area (Å²) in [5.74, 6) is 0.125. The summed E-state index contributed by atoms with van der Waals surface area (Å²) in [6.45, 7) is 3.99. The number of rotatable bonds is 7. The summed E-state index contributed by atoms with van der Waals surface area (Å²) in [7, 11) is 0.0594. The molecule has 0 amide bonds. The number of hydrogen-bond acceptors (Lipinski definition) is 4. The molecule has 0 aliphatic heterocycles. The molecule has 1 aromatic carbocycles. The molecule has 1 aromatic rings. The monoisotopic (exact) mass is 284 g/mol. The van der Waals surface area contributed by atoms with Gasteiger partial charge < -0.3 is 9.47 Å². The van der Waals surface area contributed by atoms with E-state index in [4.69, 9.17) is 9.47 Å². The summed E-state index contributed by atoms with van der Waals surface area (Å²) in [6, 6.07) is 7.04. The second-order valence-corrected chi connectivity index (χ2v) is 5.58. The van der Waals surface area contributed by atoms with Gasteiger partial charge in [0.15, 0.2) is 0 Å². The van der Waals surface area contributed by atoms with Crippen molar-refractivity contribution in [2.45, 2.75) is 36.8 Å². The van der Waals surface area contributed by atoms with Gasteiger partial charge >= 0.3 is 5.97 Å². The smallest absolute Gasteiger partial charge is 0.322 e. The maximum absolute atomic E-state index is 12.6. The van der Waals surface area contributed by atoms with Gasteiger partial charge in [0.1, 0.15) is 11.0 Å². The lowest BCUT2D eigenvalue weighted by Gasteiger charge is -2.16. The molecular formula is C14H20O4S. The third-order valence-electron chi connectivity index (χ3n) is 2.64. The molecule has 0 N–H and O–H groups in total. The Morgan fingerprint density at radius 2 is 2.00 bits per heavy atom. The van der Waals surface area contributed by atoms with E-state index in [-0.39, 0.29) is 0 Å². The molecule has 0 radical (unpaired) electrons. The zero-order valence-electron chi connectivity index (χ0n) is 11.5. The Bertz CT molecular complexity index is 445. The number of carbonyl (C=O) groups excluding carboxylic acids is 1. The summed E-state index contributed by atoms with van der Waals surface area (Å²) in [5, 5.41) is -0.638. The lowest BCUT2D eigenvalue weighted by Crippen LogP contribution is -2.28. The molecule has 0 saturated heterocycles. The zero-order chi connectivity index (χ0) is 14.3. The molecule has 0 heterocycles. The van der Waals surface area contributed by atoms with Gasteiger partial charge in [-0.2, -0.15) is 0 Å². The van der Waals surface area contributed by atoms with Crippen molar-refractivity contribution in [1.82, 2.24) is 0 Å². The van der Waals surface area contributed by atoms with E-state index in [9.17, 15) is 9.00 Å². The molecule has 1 rings (SSSR count). The molecule has 0 aromatic heterocycles. The van der Waals surface area contributed by atoms with Gasteiger partial charge in [-0.15, -0.1) is 0 Å². The Balaban J connectivity index is 3.02. The van der Waals surface area contributed by atoms with E-state index in [2.05, 4.69) is 0 Å². The molecule has 2 unspecified atom stereocenters. The van der Waals surface area contributed by atoms with E-state index in [1.54, 1.807) is 31.2 Å². The third kappa shape index (κ3) is 4.06. The van der Waals surface area contributed by atoms with E-state index in [0.29, 0.717) is 23.7 Å². The molecule has 2 atom stereocenters. The van der Waals surface area contributed by atoms with Gasteiger partial charge in [-0.25, -0.2) is 0 Å². The van der Waals surface area contributed by atoms with Crippen LogP contribution in [0.3, 0.4) is 0 Å². The largest absolute Gasteiger partial charge is 0.495 e. The molecule has 5 heteroatoms. The number of methoxy groups -OCH3 is 1. The Hall–Kier alpha value is -1.36. The van der Waals surface area contributed by atoms with Gasteiger partial charge in [0.2, 0.25) is 0 Å². The molecule has 0 bridgehead atoms. The van der Waals surface area contributed by atoms with Crippen LogP contribution in [0.5, 0.6) is 5.75 Å². The fourth-order valence-electron chi connectivity index (χ4n) is 1.75. The fourth-order valence-corrected chi connectivity index (χ4v) is 3.31. The number of para-hydroxylation sites is 1. The average molecular weight is 284 g/mol. The summed E-state index contributed by atoms with van der Waals surface area (Å²) in [6.07, 6.45) is 1.30. The van der Waals surface area contributed by atoms with E-state index >= 15 is 0 Å². The maximum atomic E-state index is 12.6. The minimum atomic E-state index is -1.46. The predicted octanol–water partition coefficient (Wildman–Crippen LogP) is 2.53. The third-order valence-corrected chi connectivity index (χ3v) is 4.36. The van der Waals surface area contributed by atoms with Gasteiger partial charge in [0, 0.05) is 0 Å². The maximum Gasteiger partial charge on any atom is 0.322 e. The van der Waals surface area contributed by atoms with Crippen molar-refractivity contribution >= 4 is 16.8 Å². The van der Waals surface area contributed by atoms with Crippen molar-refractivity contribution in [1.29, 1.82) is 0 Å². The first-order chi connectivity index (χ1) is 9.15. The molecule has 0 spiro atoms. The lowest BCUT2D eigenvalue weighted by molar-refractivity contribution is -0.142. The first kappa shape index (κ1) is 15.7. The van der Waals surface area contributed by atoms with Crippen molar-refractivity contribution < 1.29 is 18.5 Å². The van der Waals surface area contributed by atoms with Gasteiger partial charge in [-0.1, -0.05) is 25.5 Å². The van der Waals surface area contributed by atoms with Gasteiger partial charge in [-0.05, 0) is 25.5 Å². The van der Waals surface area contributed by atoms with Crippen LogP contribution in [0.1, 0.15) is 26.7 Å². The number of benzene rings is 1. The van der Waals surface area contributed by atoms with Crippen LogP contribution in [0.15, 0.2) is 29.2 Å². The molecule has 0 fully saturated rings. The minimum absolute atomic E-state index is 0.294. The minimum Gasteiger partial charge on any atom is -0.495 e. The second kappa shape index (κ2) is 7.94. The Morgan fingerprint density at radius 1 is 1.32 bits per heavy atom. The topological polar surface area (TPSA) is 52.6 Å². The fraction of sp³-hybridized carbons (Fsp3) is 0.500. The molecule has 0 aliphatic rings. The van der Waals surface area contributed by atoms with Crippen LogP contribution < -0.4 is 4.74 Å². The van der Waals surface area contributed by atoms with E-state index in [0.717, 1.165) is 6.42 Å². The predicted molar refractivity (Wildman–Crippen MR) is 74.7 cm³/mol. The molecular weight excluding hydrogens is 264 g/mol. The lowest BCUT2D eigenvalue weighted by atomic mass is 10.2. The van der Waals surface area contributed by atoms with Crippen LogP contribution in [0.25, 0.3) is 0 Å². The quantitative estimate of drug-likeness (QED) is 0.722. The number of carbonyl (C=O) groups is 1. The highest BCUT2D eigenvalue weighted by molar-refractivity contribution is 7.86. The van der Waals surface area contributed by atoms with Gasteiger partial charge in [0.05, 0.1) is 29.4 Å². The van der Waals surface area contributed by atoms with E-state index in [1.165, 1.54) is 7.11 Å². The number of ether oxygens (including phenoxy) is 2. The van der Waals surface area contributed by atoms with Crippen molar-refractivity contribution in [3.8, 4) is 5.75 Å². The van der Waals surface area contributed by atoms with Crippen LogP contribution in [-0.2, 0) is 20.3 Å². The molecule has 4 nitrogen and oxygen atoms in total. The van der Waals surface area contributed by atoms with Crippen LogP contribution in [0.4, 0.5) is 0 Å². The van der Waals surface area contributed by atoms with Crippen LogP contribution in [0, 0.1) is 0 Å². The first-order valence-electron chi connectivity index (χ1n) is 6.35. The van der Waals surface area contributed by atoms with Crippen molar-refractivity contribution in [2.24, 2.45) is 0 Å². The second-order valence-electron chi connectivity index (χ2n) is 3.98.